The molecule has 4 rings (SSSR count). The van der Waals surface area contributed by atoms with E-state index in [9.17, 15) is 0 Å². The second-order valence-electron chi connectivity index (χ2n) is 7.60. The summed E-state index contributed by atoms with van der Waals surface area (Å²) in [6.45, 7) is 4.20. The van der Waals surface area contributed by atoms with Crippen LogP contribution >= 0.6 is 0 Å². The Labute approximate surface area is 172 Å². The van der Waals surface area contributed by atoms with E-state index < -0.39 is 0 Å². The first-order valence-corrected chi connectivity index (χ1v) is 10.3. The number of benzene rings is 2. The molecular weight excluding hydrogens is 358 g/mol. The summed E-state index contributed by atoms with van der Waals surface area (Å²) in [5.74, 6) is 1.64. The highest BCUT2D eigenvalue weighted by Crippen LogP contribution is 2.22. The van der Waals surface area contributed by atoms with Gasteiger partial charge < -0.3 is 4.42 Å². The van der Waals surface area contributed by atoms with Crippen molar-refractivity contribution in [3.63, 3.8) is 0 Å². The lowest BCUT2D eigenvalue weighted by Gasteiger charge is -2.12. The van der Waals surface area contributed by atoms with E-state index >= 15 is 0 Å². The van der Waals surface area contributed by atoms with E-state index in [0.29, 0.717) is 11.9 Å². The molecule has 0 fully saturated rings. The van der Waals surface area contributed by atoms with Crippen LogP contribution in [0.15, 0.2) is 77.5 Å². The average Bonchev–Trinajstić information content (AvgIpc) is 3.41. The predicted molar refractivity (Wildman–Crippen MR) is 116 cm³/mol. The molecule has 4 heteroatoms. The molecule has 1 atom stereocenters. The van der Waals surface area contributed by atoms with Crippen LogP contribution in [0, 0.1) is 6.92 Å². The van der Waals surface area contributed by atoms with Crippen LogP contribution in [-0.4, -0.2) is 14.8 Å². The summed E-state index contributed by atoms with van der Waals surface area (Å²) < 4.78 is 7.88. The molecule has 29 heavy (non-hydrogen) atoms. The van der Waals surface area contributed by atoms with Crippen molar-refractivity contribution in [3.05, 3.63) is 95.6 Å². The van der Waals surface area contributed by atoms with Crippen LogP contribution in [0.25, 0.3) is 11.5 Å². The Hall–Kier alpha value is -3.14. The second-order valence-corrected chi connectivity index (χ2v) is 7.60. The maximum absolute atomic E-state index is 5.87. The predicted octanol–water partition coefficient (Wildman–Crippen LogP) is 5.83. The third-order valence-corrected chi connectivity index (χ3v) is 5.32. The quantitative estimate of drug-likeness (QED) is 0.383. The number of hydrogen-bond acceptors (Lipinski definition) is 3. The molecule has 2 aromatic heterocycles. The Morgan fingerprint density at radius 3 is 2.41 bits per heavy atom. The summed E-state index contributed by atoms with van der Waals surface area (Å²) in [6.07, 6.45) is 7.88. The summed E-state index contributed by atoms with van der Waals surface area (Å²) in [7, 11) is 0. The first kappa shape index (κ1) is 19.2. The third-order valence-electron chi connectivity index (χ3n) is 5.32. The maximum atomic E-state index is 5.87. The van der Waals surface area contributed by atoms with Gasteiger partial charge in [0.1, 0.15) is 5.76 Å². The zero-order valence-electron chi connectivity index (χ0n) is 17.1. The zero-order chi connectivity index (χ0) is 20.1. The van der Waals surface area contributed by atoms with E-state index in [2.05, 4.69) is 36.3 Å². The molecule has 0 radical (unpaired) electrons. The highest BCUT2D eigenvalue weighted by atomic mass is 16.4. The molecule has 0 aliphatic heterocycles. The Kier molecular flexibility index (Phi) is 5.89. The first-order chi connectivity index (χ1) is 14.2. The van der Waals surface area contributed by atoms with Gasteiger partial charge in [0.2, 0.25) is 5.89 Å². The van der Waals surface area contributed by atoms with E-state index in [1.165, 1.54) is 11.1 Å². The molecule has 0 saturated carbocycles. The molecule has 4 nitrogen and oxygen atoms in total. The van der Waals surface area contributed by atoms with Gasteiger partial charge in [-0.15, -0.1) is 0 Å². The monoisotopic (exact) mass is 385 g/mol. The van der Waals surface area contributed by atoms with Gasteiger partial charge in [0.15, 0.2) is 0 Å². The van der Waals surface area contributed by atoms with Crippen LogP contribution in [0.2, 0.25) is 0 Å². The van der Waals surface area contributed by atoms with Gasteiger partial charge in [0.05, 0.1) is 11.7 Å². The average molecular weight is 386 g/mol. The molecule has 0 spiro atoms. The largest absolute Gasteiger partial charge is 0.441 e. The van der Waals surface area contributed by atoms with Gasteiger partial charge in [-0.3, -0.25) is 4.68 Å². The van der Waals surface area contributed by atoms with E-state index in [0.717, 1.165) is 42.7 Å². The molecule has 0 saturated heterocycles. The van der Waals surface area contributed by atoms with Gasteiger partial charge in [-0.1, -0.05) is 42.5 Å². The van der Waals surface area contributed by atoms with Gasteiger partial charge in [0, 0.05) is 18.0 Å². The van der Waals surface area contributed by atoms with Crippen molar-refractivity contribution in [2.24, 2.45) is 0 Å². The molecule has 0 aliphatic carbocycles. The number of aryl methyl sites for hydroxylation is 3. The fourth-order valence-corrected chi connectivity index (χ4v) is 3.64. The van der Waals surface area contributed by atoms with Crippen molar-refractivity contribution in [1.29, 1.82) is 0 Å². The minimum Gasteiger partial charge on any atom is -0.441 e. The van der Waals surface area contributed by atoms with Gasteiger partial charge >= 0.3 is 0 Å². The van der Waals surface area contributed by atoms with Gasteiger partial charge in [-0.2, -0.15) is 5.10 Å². The topological polar surface area (TPSA) is 43.9 Å². The van der Waals surface area contributed by atoms with Crippen molar-refractivity contribution < 1.29 is 4.42 Å². The molecule has 0 amide bonds. The molecular formula is C25H27N3O. The lowest BCUT2D eigenvalue weighted by molar-refractivity contribution is 0.489. The van der Waals surface area contributed by atoms with E-state index in [-0.39, 0.29) is 0 Å². The summed E-state index contributed by atoms with van der Waals surface area (Å²) in [5, 5.41) is 4.33. The lowest BCUT2D eigenvalue weighted by Crippen LogP contribution is -2.08. The Morgan fingerprint density at radius 1 is 0.931 bits per heavy atom. The number of rotatable bonds is 8. The van der Waals surface area contributed by atoms with Crippen LogP contribution in [0.5, 0.6) is 0 Å². The number of oxazole rings is 1. The van der Waals surface area contributed by atoms with Crippen LogP contribution in [0.4, 0.5) is 0 Å². The van der Waals surface area contributed by atoms with Crippen molar-refractivity contribution in [3.8, 4) is 11.5 Å². The Balaban J connectivity index is 1.30. The van der Waals surface area contributed by atoms with Crippen LogP contribution in [0.1, 0.15) is 42.0 Å². The van der Waals surface area contributed by atoms with E-state index in [4.69, 9.17) is 9.40 Å². The van der Waals surface area contributed by atoms with Crippen LogP contribution in [0.3, 0.4) is 0 Å². The number of aromatic nitrogens is 3. The minimum absolute atomic E-state index is 0.366. The van der Waals surface area contributed by atoms with Gasteiger partial charge in [0.25, 0.3) is 0 Å². The van der Waals surface area contributed by atoms with Crippen LogP contribution < -0.4 is 0 Å². The molecule has 2 aromatic carbocycles. The van der Waals surface area contributed by atoms with Crippen molar-refractivity contribution in [1.82, 2.24) is 14.8 Å². The standard InChI is InChI=1S/C25H27N3O/c1-19(28-17-7-16-26-28)18-22-14-12-21(13-15-22)8-6-11-24-20(2)29-25(27-24)23-9-4-3-5-10-23/h3-5,7,9-10,12-17,19H,6,8,11,18H2,1-2H3. The first-order valence-electron chi connectivity index (χ1n) is 10.3. The van der Waals surface area contributed by atoms with Crippen LogP contribution in [-0.2, 0) is 19.3 Å². The number of hydrogen-bond donors (Lipinski definition) is 0. The molecule has 1 unspecified atom stereocenters. The number of nitrogens with zero attached hydrogens (tertiary/aromatic N) is 3. The summed E-state index contributed by atoms with van der Waals surface area (Å²) in [4.78, 5) is 4.71. The second kappa shape index (κ2) is 8.91. The fourth-order valence-electron chi connectivity index (χ4n) is 3.64. The third kappa shape index (κ3) is 4.83. The van der Waals surface area contributed by atoms with E-state index in [1.54, 1.807) is 0 Å². The molecule has 148 valence electrons. The lowest BCUT2D eigenvalue weighted by atomic mass is 10.0. The highest BCUT2D eigenvalue weighted by molar-refractivity contribution is 5.53. The molecule has 2 heterocycles. The van der Waals surface area contributed by atoms with Crippen molar-refractivity contribution in [2.45, 2.75) is 45.6 Å². The molecule has 4 aromatic rings. The minimum atomic E-state index is 0.366. The van der Waals surface area contributed by atoms with Crippen molar-refractivity contribution >= 4 is 0 Å². The zero-order valence-corrected chi connectivity index (χ0v) is 17.1. The summed E-state index contributed by atoms with van der Waals surface area (Å²) >= 11 is 0. The Bertz CT molecular complexity index is 1020. The highest BCUT2D eigenvalue weighted by Gasteiger charge is 2.11. The van der Waals surface area contributed by atoms with E-state index in [1.807, 2.05) is 60.4 Å². The Morgan fingerprint density at radius 2 is 1.69 bits per heavy atom. The van der Waals surface area contributed by atoms with Gasteiger partial charge in [-0.25, -0.2) is 4.98 Å². The van der Waals surface area contributed by atoms with Gasteiger partial charge in [-0.05, 0) is 68.9 Å². The molecule has 0 N–H and O–H groups in total. The smallest absolute Gasteiger partial charge is 0.226 e. The summed E-state index contributed by atoms with van der Waals surface area (Å²) in [6, 6.07) is 21.4. The molecule has 0 bridgehead atoms. The SMILES string of the molecule is Cc1oc(-c2ccccc2)nc1CCCc1ccc(CC(C)n2cccn2)cc1. The maximum Gasteiger partial charge on any atom is 0.226 e. The molecule has 0 aliphatic rings. The fraction of sp³-hybridized carbons (Fsp3) is 0.280. The summed E-state index contributed by atoms with van der Waals surface area (Å²) in [5.41, 5.74) is 4.80. The van der Waals surface area contributed by atoms with Crippen molar-refractivity contribution in [2.75, 3.05) is 0 Å². The normalized spacial score (nSPS) is 12.2.